The number of para-hydroxylation sites is 2. The Balaban J connectivity index is 2.22. The molecule has 0 amide bonds. The van der Waals surface area contributed by atoms with E-state index in [2.05, 4.69) is 4.99 Å². The van der Waals surface area contributed by atoms with Crippen molar-refractivity contribution in [2.24, 2.45) is 4.99 Å². The summed E-state index contributed by atoms with van der Waals surface area (Å²) in [5.74, 6) is -0.0638. The minimum absolute atomic E-state index is 0.0638. The van der Waals surface area contributed by atoms with Crippen LogP contribution in [0.3, 0.4) is 0 Å². The topological polar surface area (TPSA) is 54.6 Å². The van der Waals surface area contributed by atoms with Crippen LogP contribution >= 0.6 is 11.6 Å². The van der Waals surface area contributed by atoms with Crippen LogP contribution < -0.4 is 5.56 Å². The van der Waals surface area contributed by atoms with Gasteiger partial charge in [0.1, 0.15) is 11.3 Å². The first kappa shape index (κ1) is 15.3. The molecule has 0 atom stereocenters. The normalized spacial score (nSPS) is 11.4. The summed E-state index contributed by atoms with van der Waals surface area (Å²) in [5.41, 5.74) is 1.13. The second-order valence-electron chi connectivity index (χ2n) is 5.04. The van der Waals surface area contributed by atoms with Crippen LogP contribution in [0.15, 0.2) is 58.3 Å². The molecule has 0 saturated carbocycles. The SMILES string of the molecule is CCn1c(=O)c(C=Nc2ccccc2Cl)c(O)c2ccccc21. The van der Waals surface area contributed by atoms with Crippen LogP contribution in [-0.2, 0) is 6.54 Å². The van der Waals surface area contributed by atoms with Gasteiger partial charge in [0.15, 0.2) is 0 Å². The van der Waals surface area contributed by atoms with E-state index >= 15 is 0 Å². The van der Waals surface area contributed by atoms with Gasteiger partial charge in [-0.2, -0.15) is 0 Å². The molecular weight excluding hydrogens is 312 g/mol. The van der Waals surface area contributed by atoms with E-state index in [4.69, 9.17) is 11.6 Å². The lowest BCUT2D eigenvalue weighted by Crippen LogP contribution is -2.23. The van der Waals surface area contributed by atoms with Crippen molar-refractivity contribution in [1.29, 1.82) is 0 Å². The van der Waals surface area contributed by atoms with E-state index in [1.165, 1.54) is 6.21 Å². The molecule has 1 N–H and O–H groups in total. The van der Waals surface area contributed by atoms with Gasteiger partial charge in [0.2, 0.25) is 0 Å². The average molecular weight is 327 g/mol. The molecule has 0 aliphatic heterocycles. The minimum Gasteiger partial charge on any atom is -0.506 e. The van der Waals surface area contributed by atoms with E-state index in [0.29, 0.717) is 28.2 Å². The molecule has 0 bridgehead atoms. The van der Waals surface area contributed by atoms with Crippen LogP contribution in [0.5, 0.6) is 5.75 Å². The number of hydrogen-bond acceptors (Lipinski definition) is 3. The maximum absolute atomic E-state index is 12.6. The van der Waals surface area contributed by atoms with Gasteiger partial charge in [0.05, 0.1) is 16.2 Å². The van der Waals surface area contributed by atoms with Gasteiger partial charge in [-0.25, -0.2) is 0 Å². The Hall–Kier alpha value is -2.59. The third-order valence-electron chi connectivity index (χ3n) is 3.68. The smallest absolute Gasteiger partial charge is 0.263 e. The van der Waals surface area contributed by atoms with Crippen molar-refractivity contribution in [2.75, 3.05) is 0 Å². The summed E-state index contributed by atoms with van der Waals surface area (Å²) in [6, 6.07) is 14.3. The van der Waals surface area contributed by atoms with E-state index in [9.17, 15) is 9.90 Å². The first-order valence-electron chi connectivity index (χ1n) is 7.26. The summed E-state index contributed by atoms with van der Waals surface area (Å²) >= 11 is 6.06. The van der Waals surface area contributed by atoms with Crippen LogP contribution in [0.2, 0.25) is 5.02 Å². The predicted molar refractivity (Wildman–Crippen MR) is 94.3 cm³/mol. The lowest BCUT2D eigenvalue weighted by molar-refractivity contribution is 0.478. The zero-order valence-electron chi connectivity index (χ0n) is 12.5. The Morgan fingerprint density at radius 1 is 1.17 bits per heavy atom. The summed E-state index contributed by atoms with van der Waals surface area (Å²) in [5, 5.41) is 11.6. The Labute approximate surface area is 138 Å². The quantitative estimate of drug-likeness (QED) is 0.736. The standard InChI is InChI=1S/C18H15ClN2O2/c1-2-21-16-10-6-3-7-12(16)17(22)13(18(21)23)11-20-15-9-5-4-8-14(15)19/h3-11,22H,2H2,1H3. The van der Waals surface area contributed by atoms with Crippen LogP contribution in [0.25, 0.3) is 10.9 Å². The van der Waals surface area contributed by atoms with Crippen molar-refractivity contribution in [3.63, 3.8) is 0 Å². The second kappa shape index (κ2) is 6.26. The maximum atomic E-state index is 12.6. The number of halogens is 1. The van der Waals surface area contributed by atoms with Crippen molar-refractivity contribution in [3.05, 3.63) is 69.5 Å². The molecule has 5 heteroatoms. The van der Waals surface area contributed by atoms with Crippen molar-refractivity contribution in [2.45, 2.75) is 13.5 Å². The third kappa shape index (κ3) is 2.73. The van der Waals surface area contributed by atoms with Crippen LogP contribution in [0.1, 0.15) is 12.5 Å². The molecule has 4 nitrogen and oxygen atoms in total. The predicted octanol–water partition coefficient (Wildman–Crippen LogP) is 4.13. The highest BCUT2D eigenvalue weighted by atomic mass is 35.5. The molecule has 0 aliphatic carbocycles. The number of rotatable bonds is 3. The number of hydrogen-bond donors (Lipinski definition) is 1. The molecular formula is C18H15ClN2O2. The molecule has 2 aromatic carbocycles. The summed E-state index contributed by atoms with van der Waals surface area (Å²) in [6.07, 6.45) is 1.37. The van der Waals surface area contributed by atoms with Crippen molar-refractivity contribution >= 4 is 34.4 Å². The number of nitrogens with zero attached hydrogens (tertiary/aromatic N) is 2. The number of aromatic hydroxyl groups is 1. The summed E-state index contributed by atoms with van der Waals surface area (Å²) in [7, 11) is 0. The van der Waals surface area contributed by atoms with Crippen molar-refractivity contribution < 1.29 is 5.11 Å². The molecule has 116 valence electrons. The number of fused-ring (bicyclic) bond motifs is 1. The molecule has 0 spiro atoms. The highest BCUT2D eigenvalue weighted by molar-refractivity contribution is 6.33. The first-order chi connectivity index (χ1) is 11.1. The van der Waals surface area contributed by atoms with Crippen LogP contribution in [0, 0.1) is 0 Å². The van der Waals surface area contributed by atoms with Crippen LogP contribution in [-0.4, -0.2) is 15.9 Å². The number of aliphatic imine (C=N–C) groups is 1. The molecule has 0 aliphatic rings. The molecule has 3 aromatic rings. The van der Waals surface area contributed by atoms with Gasteiger partial charge < -0.3 is 9.67 Å². The van der Waals surface area contributed by atoms with Gasteiger partial charge in [0, 0.05) is 18.1 Å². The molecule has 0 saturated heterocycles. The Morgan fingerprint density at radius 2 is 1.87 bits per heavy atom. The van der Waals surface area contributed by atoms with Gasteiger partial charge in [-0.05, 0) is 31.2 Å². The van der Waals surface area contributed by atoms with Gasteiger partial charge in [-0.15, -0.1) is 0 Å². The highest BCUT2D eigenvalue weighted by Gasteiger charge is 2.13. The molecule has 0 unspecified atom stereocenters. The number of aryl methyl sites for hydroxylation is 1. The van der Waals surface area contributed by atoms with Crippen LogP contribution in [0.4, 0.5) is 5.69 Å². The fourth-order valence-corrected chi connectivity index (χ4v) is 2.72. The fraction of sp³-hybridized carbons (Fsp3) is 0.111. The lowest BCUT2D eigenvalue weighted by Gasteiger charge is -2.11. The molecule has 1 heterocycles. The molecule has 1 aromatic heterocycles. The van der Waals surface area contributed by atoms with E-state index in [1.54, 1.807) is 28.8 Å². The maximum Gasteiger partial charge on any atom is 0.263 e. The fourth-order valence-electron chi connectivity index (χ4n) is 2.53. The number of aromatic nitrogens is 1. The van der Waals surface area contributed by atoms with Gasteiger partial charge in [0.25, 0.3) is 5.56 Å². The Morgan fingerprint density at radius 3 is 2.61 bits per heavy atom. The van der Waals surface area contributed by atoms with E-state index in [0.717, 1.165) is 0 Å². The number of benzene rings is 2. The second-order valence-corrected chi connectivity index (χ2v) is 5.45. The van der Waals surface area contributed by atoms with E-state index in [-0.39, 0.29) is 16.9 Å². The zero-order chi connectivity index (χ0) is 16.4. The van der Waals surface area contributed by atoms with Gasteiger partial charge in [-0.1, -0.05) is 35.9 Å². The largest absolute Gasteiger partial charge is 0.506 e. The number of pyridine rings is 1. The third-order valence-corrected chi connectivity index (χ3v) is 4.00. The molecule has 0 fully saturated rings. The van der Waals surface area contributed by atoms with E-state index in [1.807, 2.05) is 31.2 Å². The van der Waals surface area contributed by atoms with Crippen molar-refractivity contribution in [3.8, 4) is 5.75 Å². The molecule has 3 rings (SSSR count). The lowest BCUT2D eigenvalue weighted by atomic mass is 10.1. The first-order valence-corrected chi connectivity index (χ1v) is 7.64. The van der Waals surface area contributed by atoms with Gasteiger partial charge in [-0.3, -0.25) is 9.79 Å². The zero-order valence-corrected chi connectivity index (χ0v) is 13.3. The summed E-state index contributed by atoms with van der Waals surface area (Å²) < 4.78 is 1.61. The van der Waals surface area contributed by atoms with Gasteiger partial charge >= 0.3 is 0 Å². The average Bonchev–Trinajstić information content (AvgIpc) is 2.57. The summed E-state index contributed by atoms with van der Waals surface area (Å²) in [4.78, 5) is 16.9. The minimum atomic E-state index is -0.278. The highest BCUT2D eigenvalue weighted by Crippen LogP contribution is 2.27. The molecule has 23 heavy (non-hydrogen) atoms. The Bertz CT molecular complexity index is 961. The summed E-state index contributed by atoms with van der Waals surface area (Å²) in [6.45, 7) is 2.40. The Kier molecular flexibility index (Phi) is 4.17. The monoisotopic (exact) mass is 326 g/mol. The molecule has 0 radical (unpaired) electrons. The van der Waals surface area contributed by atoms with E-state index < -0.39 is 0 Å². The van der Waals surface area contributed by atoms with Crippen molar-refractivity contribution in [1.82, 2.24) is 4.57 Å².